The molecule has 0 aromatic rings. The summed E-state index contributed by atoms with van der Waals surface area (Å²) in [6, 6.07) is 0.146. The maximum atomic E-state index is 11.7. The van der Waals surface area contributed by atoms with Crippen molar-refractivity contribution >= 4 is 5.97 Å². The second kappa shape index (κ2) is 6.97. The van der Waals surface area contributed by atoms with Gasteiger partial charge in [0.25, 0.3) is 0 Å². The number of carbonyl (C=O) groups excluding carboxylic acids is 1. The molecule has 1 N–H and O–H groups in total. The molecule has 102 valence electrons. The number of esters is 1. The number of likely N-dealkylation sites (N-methyl/N-ethyl adjacent to an activating group) is 1. The summed E-state index contributed by atoms with van der Waals surface area (Å²) < 4.78 is 10.7. The van der Waals surface area contributed by atoms with Gasteiger partial charge in [-0.15, -0.1) is 0 Å². The lowest BCUT2D eigenvalue weighted by Crippen LogP contribution is -2.44. The highest BCUT2D eigenvalue weighted by Gasteiger charge is 2.27. The molecule has 0 saturated heterocycles. The number of carbonyl (C=O) groups is 1. The zero-order valence-electron chi connectivity index (χ0n) is 12.2. The highest BCUT2D eigenvalue weighted by molar-refractivity contribution is 5.70. The Balaban J connectivity index is 4.44. The van der Waals surface area contributed by atoms with Gasteiger partial charge >= 0.3 is 5.97 Å². The van der Waals surface area contributed by atoms with Crippen molar-refractivity contribution < 1.29 is 14.3 Å². The summed E-state index contributed by atoms with van der Waals surface area (Å²) in [5.74, 6) is 0.178. The third-order valence-corrected chi connectivity index (χ3v) is 2.54. The van der Waals surface area contributed by atoms with Crippen LogP contribution in [0.25, 0.3) is 0 Å². The van der Waals surface area contributed by atoms with E-state index < -0.39 is 5.60 Å². The Morgan fingerprint density at radius 2 is 1.82 bits per heavy atom. The molecule has 0 aliphatic rings. The van der Waals surface area contributed by atoms with Crippen LogP contribution in [0.5, 0.6) is 0 Å². The molecular weight excluding hydrogens is 218 g/mol. The first-order chi connectivity index (χ1) is 7.71. The van der Waals surface area contributed by atoms with E-state index in [1.54, 1.807) is 7.11 Å². The number of hydrogen-bond acceptors (Lipinski definition) is 4. The molecule has 0 aromatic heterocycles. The van der Waals surface area contributed by atoms with Crippen LogP contribution in [0.3, 0.4) is 0 Å². The third-order valence-electron chi connectivity index (χ3n) is 2.54. The van der Waals surface area contributed by atoms with Gasteiger partial charge in [0.2, 0.25) is 0 Å². The van der Waals surface area contributed by atoms with E-state index in [1.165, 1.54) is 0 Å². The first-order valence-corrected chi connectivity index (χ1v) is 6.13. The standard InChI is InChI=1S/C13H27NO3/c1-9(2)12(14-6)10(16-7)8-11(15)17-13(3,4)5/h9-10,12,14H,8H2,1-7H3/t10-,12+/m1/s1. The summed E-state index contributed by atoms with van der Waals surface area (Å²) >= 11 is 0. The van der Waals surface area contributed by atoms with Crippen molar-refractivity contribution in [2.75, 3.05) is 14.2 Å². The molecule has 0 aliphatic carbocycles. The van der Waals surface area contributed by atoms with E-state index >= 15 is 0 Å². The lowest BCUT2D eigenvalue weighted by Gasteiger charge is -2.29. The van der Waals surface area contributed by atoms with Gasteiger partial charge in [-0.25, -0.2) is 0 Å². The maximum Gasteiger partial charge on any atom is 0.309 e. The molecule has 17 heavy (non-hydrogen) atoms. The van der Waals surface area contributed by atoms with Gasteiger partial charge in [0, 0.05) is 13.2 Å². The summed E-state index contributed by atoms with van der Waals surface area (Å²) in [5.41, 5.74) is -0.442. The molecule has 4 nitrogen and oxygen atoms in total. The van der Waals surface area contributed by atoms with Gasteiger partial charge in [-0.05, 0) is 33.7 Å². The lowest BCUT2D eigenvalue weighted by molar-refractivity contribution is -0.158. The van der Waals surface area contributed by atoms with Crippen LogP contribution in [0.1, 0.15) is 41.0 Å². The molecule has 0 heterocycles. The molecule has 4 heteroatoms. The van der Waals surface area contributed by atoms with Crippen LogP contribution in [-0.4, -0.2) is 37.9 Å². The monoisotopic (exact) mass is 245 g/mol. The molecule has 0 spiro atoms. The van der Waals surface area contributed by atoms with Crippen molar-refractivity contribution in [3.63, 3.8) is 0 Å². The molecule has 0 amide bonds. The molecular formula is C13H27NO3. The molecule has 0 bridgehead atoms. The van der Waals surface area contributed by atoms with Gasteiger partial charge in [-0.3, -0.25) is 4.79 Å². The average Bonchev–Trinajstić information content (AvgIpc) is 2.13. The van der Waals surface area contributed by atoms with Gasteiger partial charge in [0.1, 0.15) is 5.60 Å². The molecule has 0 radical (unpaired) electrons. The Hall–Kier alpha value is -0.610. The summed E-state index contributed by atoms with van der Waals surface area (Å²) in [6.45, 7) is 9.80. The normalized spacial score (nSPS) is 15.8. The Labute approximate surface area is 105 Å². The Morgan fingerprint density at radius 1 is 1.29 bits per heavy atom. The number of hydrogen-bond donors (Lipinski definition) is 1. The minimum absolute atomic E-state index is 0.146. The van der Waals surface area contributed by atoms with E-state index in [9.17, 15) is 4.79 Å². The van der Waals surface area contributed by atoms with Crippen LogP contribution in [-0.2, 0) is 14.3 Å². The van der Waals surface area contributed by atoms with Gasteiger partial charge in [0.05, 0.1) is 12.5 Å². The van der Waals surface area contributed by atoms with Gasteiger partial charge in [0.15, 0.2) is 0 Å². The van der Waals surface area contributed by atoms with Crippen LogP contribution in [0.4, 0.5) is 0 Å². The van der Waals surface area contributed by atoms with Crippen LogP contribution in [0.15, 0.2) is 0 Å². The maximum absolute atomic E-state index is 11.7. The fourth-order valence-electron chi connectivity index (χ4n) is 1.85. The second-order valence-corrected chi connectivity index (χ2v) is 5.62. The molecule has 0 fully saturated rings. The first-order valence-electron chi connectivity index (χ1n) is 6.13. The summed E-state index contributed by atoms with van der Waals surface area (Å²) in [5, 5.41) is 3.19. The molecule has 2 atom stereocenters. The molecule has 0 unspecified atom stereocenters. The second-order valence-electron chi connectivity index (χ2n) is 5.62. The Kier molecular flexibility index (Phi) is 6.72. The van der Waals surface area contributed by atoms with E-state index in [1.807, 2.05) is 27.8 Å². The van der Waals surface area contributed by atoms with E-state index in [0.29, 0.717) is 5.92 Å². The van der Waals surface area contributed by atoms with Crippen molar-refractivity contribution in [1.29, 1.82) is 0 Å². The van der Waals surface area contributed by atoms with Gasteiger partial charge in [-0.2, -0.15) is 0 Å². The van der Waals surface area contributed by atoms with Crippen LogP contribution >= 0.6 is 0 Å². The van der Waals surface area contributed by atoms with Crippen molar-refractivity contribution in [3.05, 3.63) is 0 Å². The summed E-state index contributed by atoms with van der Waals surface area (Å²) in [6.07, 6.45) is 0.118. The highest BCUT2D eigenvalue weighted by atomic mass is 16.6. The van der Waals surface area contributed by atoms with E-state index in [2.05, 4.69) is 19.2 Å². The van der Waals surface area contributed by atoms with E-state index in [4.69, 9.17) is 9.47 Å². The van der Waals surface area contributed by atoms with E-state index in [0.717, 1.165) is 0 Å². The molecule has 0 aromatic carbocycles. The highest BCUT2D eigenvalue weighted by Crippen LogP contribution is 2.15. The molecule has 0 aliphatic heterocycles. The SMILES string of the molecule is CN[C@@H](C(C)C)[C@@H](CC(=O)OC(C)(C)C)OC. The largest absolute Gasteiger partial charge is 0.460 e. The summed E-state index contributed by atoms with van der Waals surface area (Å²) in [7, 11) is 3.51. The van der Waals surface area contributed by atoms with E-state index in [-0.39, 0.29) is 24.5 Å². The van der Waals surface area contributed by atoms with Crippen molar-refractivity contribution in [1.82, 2.24) is 5.32 Å². The lowest BCUT2D eigenvalue weighted by atomic mass is 9.96. The first kappa shape index (κ1) is 16.4. The quantitative estimate of drug-likeness (QED) is 0.727. The fraction of sp³-hybridized carbons (Fsp3) is 0.923. The Bertz CT molecular complexity index is 233. The number of nitrogens with one attached hydrogen (secondary N) is 1. The van der Waals surface area contributed by atoms with Gasteiger partial charge < -0.3 is 14.8 Å². The van der Waals surface area contributed by atoms with Crippen LogP contribution < -0.4 is 5.32 Å². The zero-order valence-corrected chi connectivity index (χ0v) is 12.2. The minimum atomic E-state index is -0.442. The summed E-state index contributed by atoms with van der Waals surface area (Å²) in [4.78, 5) is 11.7. The predicted octanol–water partition coefficient (Wildman–Crippen LogP) is 1.98. The van der Waals surface area contributed by atoms with Crippen LogP contribution in [0, 0.1) is 5.92 Å². The molecule has 0 saturated carbocycles. The topological polar surface area (TPSA) is 47.6 Å². The molecule has 0 rings (SSSR count). The van der Waals surface area contributed by atoms with Crippen molar-refractivity contribution in [2.24, 2.45) is 5.92 Å². The number of rotatable bonds is 6. The number of ether oxygens (including phenoxy) is 2. The third kappa shape index (κ3) is 6.64. The predicted molar refractivity (Wildman–Crippen MR) is 68.9 cm³/mol. The van der Waals surface area contributed by atoms with Crippen LogP contribution in [0.2, 0.25) is 0 Å². The number of methoxy groups -OCH3 is 1. The Morgan fingerprint density at radius 3 is 2.12 bits per heavy atom. The smallest absolute Gasteiger partial charge is 0.309 e. The average molecular weight is 245 g/mol. The van der Waals surface area contributed by atoms with Gasteiger partial charge in [-0.1, -0.05) is 13.8 Å². The van der Waals surface area contributed by atoms with Crippen molar-refractivity contribution in [2.45, 2.75) is 58.8 Å². The fourth-order valence-corrected chi connectivity index (χ4v) is 1.85. The van der Waals surface area contributed by atoms with Crippen molar-refractivity contribution in [3.8, 4) is 0 Å². The zero-order chi connectivity index (χ0) is 13.6. The minimum Gasteiger partial charge on any atom is -0.460 e.